The molecule has 0 aromatic rings. The Hall–Kier alpha value is -1.09. The average Bonchev–Trinajstić information content (AvgIpc) is 3.61. The summed E-state index contributed by atoms with van der Waals surface area (Å²) < 4.78 is 6.19. The van der Waals surface area contributed by atoms with Crippen molar-refractivity contribution < 1.29 is 35.1 Å². The monoisotopic (exact) mass is 530 g/mol. The van der Waals surface area contributed by atoms with Gasteiger partial charge in [0.2, 0.25) is 0 Å². The van der Waals surface area contributed by atoms with E-state index < -0.39 is 46.3 Å². The van der Waals surface area contributed by atoms with Crippen LogP contribution in [0.25, 0.3) is 0 Å². The van der Waals surface area contributed by atoms with Gasteiger partial charge in [-0.3, -0.25) is 4.79 Å². The first-order valence-corrected chi connectivity index (χ1v) is 14.7. The molecule has 0 radical (unpaired) electrons. The van der Waals surface area contributed by atoms with Crippen LogP contribution in [0.15, 0.2) is 23.8 Å². The Morgan fingerprint density at radius 1 is 1.11 bits per heavy atom. The molecule has 13 atom stereocenters. The molecule has 6 rings (SSSR count). The fourth-order valence-corrected chi connectivity index (χ4v) is 10.2. The molecule has 1 aliphatic heterocycles. The van der Waals surface area contributed by atoms with Crippen LogP contribution in [0, 0.1) is 45.8 Å². The first-order valence-electron chi connectivity index (χ1n) is 14.7. The Morgan fingerprint density at radius 2 is 1.79 bits per heavy atom. The van der Waals surface area contributed by atoms with E-state index in [4.69, 9.17) is 4.74 Å². The second kappa shape index (κ2) is 8.23. The van der Waals surface area contributed by atoms with Crippen LogP contribution in [0.4, 0.5) is 0 Å². The maximum absolute atomic E-state index is 13.8. The zero-order valence-electron chi connectivity index (χ0n) is 23.4. The van der Waals surface area contributed by atoms with E-state index in [1.54, 1.807) is 6.08 Å². The molecule has 4 fully saturated rings. The normalized spacial score (nSPS) is 56.0. The maximum Gasteiger partial charge on any atom is 0.164 e. The lowest BCUT2D eigenvalue weighted by Crippen LogP contribution is -2.68. The van der Waals surface area contributed by atoms with E-state index in [2.05, 4.69) is 39.8 Å². The van der Waals surface area contributed by atoms with E-state index in [1.165, 1.54) is 0 Å². The molecule has 1 saturated heterocycles. The number of aliphatic hydroxyl groups is 5. The Balaban J connectivity index is 1.44. The van der Waals surface area contributed by atoms with Crippen molar-refractivity contribution in [2.75, 3.05) is 6.61 Å². The molecule has 6 aliphatic rings. The Labute approximate surface area is 226 Å². The van der Waals surface area contributed by atoms with Crippen LogP contribution in [0.2, 0.25) is 0 Å². The number of ketones is 1. The molecule has 0 spiro atoms. The average molecular weight is 531 g/mol. The summed E-state index contributed by atoms with van der Waals surface area (Å²) in [6, 6.07) is 0. The van der Waals surface area contributed by atoms with E-state index >= 15 is 0 Å². The van der Waals surface area contributed by atoms with Crippen molar-refractivity contribution in [3.05, 3.63) is 23.8 Å². The van der Waals surface area contributed by atoms with E-state index in [0.29, 0.717) is 43.1 Å². The van der Waals surface area contributed by atoms with Crippen molar-refractivity contribution in [2.24, 2.45) is 45.8 Å². The van der Waals surface area contributed by atoms with Crippen molar-refractivity contribution in [2.45, 2.75) is 109 Å². The predicted octanol–water partition coefficient (Wildman–Crippen LogP) is 2.53. The molecule has 1 heterocycles. The van der Waals surface area contributed by atoms with E-state index in [1.807, 2.05) is 6.92 Å². The van der Waals surface area contributed by atoms with E-state index in [0.717, 1.165) is 0 Å². The highest BCUT2D eigenvalue weighted by Crippen LogP contribution is 2.73. The van der Waals surface area contributed by atoms with Gasteiger partial charge in [-0.2, -0.15) is 0 Å². The fraction of sp³-hybridized carbons (Fsp3) is 0.839. The summed E-state index contributed by atoms with van der Waals surface area (Å²) in [7, 11) is 0. The van der Waals surface area contributed by atoms with Gasteiger partial charge in [-0.15, -0.1) is 0 Å². The van der Waals surface area contributed by atoms with Crippen molar-refractivity contribution in [3.8, 4) is 0 Å². The van der Waals surface area contributed by atoms with Crippen LogP contribution in [-0.4, -0.2) is 73.5 Å². The maximum atomic E-state index is 13.8. The predicted molar refractivity (Wildman–Crippen MR) is 141 cm³/mol. The summed E-state index contributed by atoms with van der Waals surface area (Å²) in [6.07, 6.45) is 5.84. The van der Waals surface area contributed by atoms with Gasteiger partial charge in [0.05, 0.1) is 35.9 Å². The lowest BCUT2D eigenvalue weighted by molar-refractivity contribution is -0.198. The minimum atomic E-state index is -1.30. The third-order valence-corrected chi connectivity index (χ3v) is 13.1. The lowest BCUT2D eigenvalue weighted by atomic mass is 9.39. The standard InChI is InChI=1S/C31H46O7/c1-16(2)17(3)25-26(38-25)30(36)9-6-7-18-11-19-20(31(37)10-8-23(30)28(18,31)5)12-24(35)29(15-32)14-22(34)21(33)13-27(19,29)4/h6-7,12,16-19,21-23,25-26,32-34,36-37H,8-11,13-15H2,1-5H3/t17-,18-,19+,21+,22-,23+,25+,26-,27-,28-,29-,30-,31-/m1/s1. The van der Waals surface area contributed by atoms with E-state index in [9.17, 15) is 30.3 Å². The molecule has 3 saturated carbocycles. The van der Waals surface area contributed by atoms with Crippen molar-refractivity contribution in [1.29, 1.82) is 0 Å². The second-order valence-corrected chi connectivity index (χ2v) is 14.5. The number of carbonyl (C=O) groups excluding carboxylic acids is 1. The summed E-state index contributed by atoms with van der Waals surface area (Å²) >= 11 is 0. The van der Waals surface area contributed by atoms with Gasteiger partial charge < -0.3 is 30.3 Å². The number of carbonyl (C=O) groups is 1. The smallest absolute Gasteiger partial charge is 0.164 e. The van der Waals surface area contributed by atoms with Gasteiger partial charge in [0.15, 0.2) is 5.78 Å². The van der Waals surface area contributed by atoms with Gasteiger partial charge in [0.1, 0.15) is 11.7 Å². The van der Waals surface area contributed by atoms with Crippen LogP contribution < -0.4 is 0 Å². The van der Waals surface area contributed by atoms with Gasteiger partial charge in [-0.25, -0.2) is 0 Å². The molecule has 212 valence electrons. The second-order valence-electron chi connectivity index (χ2n) is 14.5. The van der Waals surface area contributed by atoms with Gasteiger partial charge in [0, 0.05) is 5.41 Å². The number of aliphatic hydroxyl groups excluding tert-OH is 3. The molecule has 0 aromatic heterocycles. The minimum Gasteiger partial charge on any atom is -0.395 e. The number of ether oxygens (including phenoxy) is 1. The molecule has 0 bridgehead atoms. The zero-order chi connectivity index (χ0) is 27.6. The summed E-state index contributed by atoms with van der Waals surface area (Å²) in [5.74, 6) is -0.0186. The summed E-state index contributed by atoms with van der Waals surface area (Å²) in [5.41, 5.74) is -4.42. The molecular formula is C31H46O7. The highest BCUT2D eigenvalue weighted by Gasteiger charge is 2.76. The summed E-state index contributed by atoms with van der Waals surface area (Å²) in [5, 5.41) is 57.0. The Bertz CT molecular complexity index is 1080. The topological polar surface area (TPSA) is 131 Å². The highest BCUT2D eigenvalue weighted by molar-refractivity contribution is 5.98. The fourth-order valence-electron chi connectivity index (χ4n) is 10.2. The Kier molecular flexibility index (Phi) is 5.87. The molecular weight excluding hydrogens is 484 g/mol. The highest BCUT2D eigenvalue weighted by atomic mass is 16.6. The van der Waals surface area contributed by atoms with Crippen LogP contribution in [0.1, 0.15) is 73.1 Å². The molecule has 0 aromatic carbocycles. The van der Waals surface area contributed by atoms with E-state index in [-0.39, 0.29) is 48.6 Å². The first kappa shape index (κ1) is 27.1. The third-order valence-electron chi connectivity index (χ3n) is 13.1. The van der Waals surface area contributed by atoms with Gasteiger partial charge in [0.25, 0.3) is 0 Å². The molecule has 38 heavy (non-hydrogen) atoms. The summed E-state index contributed by atoms with van der Waals surface area (Å²) in [6.45, 7) is 10.2. The first-order chi connectivity index (χ1) is 17.7. The molecule has 5 aliphatic carbocycles. The van der Waals surface area contributed by atoms with Crippen molar-refractivity contribution >= 4 is 5.78 Å². The summed E-state index contributed by atoms with van der Waals surface area (Å²) in [4.78, 5) is 13.8. The number of fused-ring (bicyclic) bond motifs is 4. The van der Waals surface area contributed by atoms with Crippen LogP contribution in [-0.2, 0) is 9.53 Å². The Morgan fingerprint density at radius 3 is 2.45 bits per heavy atom. The number of rotatable bonds is 4. The van der Waals surface area contributed by atoms with Crippen LogP contribution >= 0.6 is 0 Å². The van der Waals surface area contributed by atoms with Gasteiger partial charge in [-0.05, 0) is 85.2 Å². The SMILES string of the molecule is CC(C)[C@@H](C)[C@@H]1O[C@H]1[C@@]1(O)CC=C[C@@H]2C[C@H]3C(=CC(=O)[C@]4(CO)C[C@@H](O)[C@@H](O)C[C@]34C)[C@]3(O)CC[C@H]1[C@@]23C. The molecule has 5 N–H and O–H groups in total. The van der Waals surface area contributed by atoms with Crippen LogP contribution in [0.3, 0.4) is 0 Å². The zero-order valence-corrected chi connectivity index (χ0v) is 23.4. The lowest BCUT2D eigenvalue weighted by Gasteiger charge is -2.65. The molecule has 7 nitrogen and oxygen atoms in total. The number of hydrogen-bond donors (Lipinski definition) is 5. The van der Waals surface area contributed by atoms with Gasteiger partial charge >= 0.3 is 0 Å². The quantitative estimate of drug-likeness (QED) is 0.279. The van der Waals surface area contributed by atoms with Crippen molar-refractivity contribution in [3.63, 3.8) is 0 Å². The molecule has 0 amide bonds. The number of allylic oxidation sites excluding steroid dienone is 2. The number of epoxide rings is 1. The molecule has 0 unspecified atom stereocenters. The van der Waals surface area contributed by atoms with Gasteiger partial charge in [-0.1, -0.05) is 46.8 Å². The largest absolute Gasteiger partial charge is 0.395 e. The van der Waals surface area contributed by atoms with Crippen molar-refractivity contribution in [1.82, 2.24) is 0 Å². The number of hydrogen-bond acceptors (Lipinski definition) is 7. The minimum absolute atomic E-state index is 0.00621. The molecule has 7 heteroatoms. The third kappa shape index (κ3) is 3.04. The van der Waals surface area contributed by atoms with Crippen LogP contribution in [0.5, 0.6) is 0 Å².